The lowest BCUT2D eigenvalue weighted by Gasteiger charge is -2.38. The number of carbonyl (C=O) groups excluding carboxylic acids is 1. The average molecular weight is 282 g/mol. The van der Waals surface area contributed by atoms with E-state index in [4.69, 9.17) is 18.7 Å². The lowest BCUT2D eigenvalue weighted by Crippen LogP contribution is -2.53. The van der Waals surface area contributed by atoms with Gasteiger partial charge in [-0.3, -0.25) is 0 Å². The molecule has 110 valence electrons. The maximum Gasteiger partial charge on any atom is 0.407 e. The first-order valence-electron chi connectivity index (χ1n) is 6.78. The highest BCUT2D eigenvalue weighted by molar-refractivity contribution is 5.68. The minimum absolute atomic E-state index is 0.0724. The maximum absolute atomic E-state index is 11.1. The largest absolute Gasteiger partial charge is 0.443 e. The van der Waals surface area contributed by atoms with Gasteiger partial charge in [-0.2, -0.15) is 0 Å². The Bertz CT molecular complexity index is 475. The molecule has 7 nitrogen and oxygen atoms in total. The van der Waals surface area contributed by atoms with E-state index in [1.165, 1.54) is 0 Å². The van der Waals surface area contributed by atoms with Crippen LogP contribution in [0.1, 0.15) is 24.3 Å². The topological polar surface area (TPSA) is 82.8 Å². The highest BCUT2D eigenvalue weighted by atomic mass is 16.6. The molecule has 2 aliphatic heterocycles. The molecule has 1 amide bonds. The van der Waals surface area contributed by atoms with Crippen LogP contribution in [0.5, 0.6) is 0 Å². The summed E-state index contributed by atoms with van der Waals surface area (Å²) in [6.45, 7) is 0.927. The number of alkyl carbamates (subject to hydrolysis) is 1. The van der Waals surface area contributed by atoms with Gasteiger partial charge < -0.3 is 24.1 Å². The number of aromatic nitrogens is 1. The fourth-order valence-corrected chi connectivity index (χ4v) is 2.66. The van der Waals surface area contributed by atoms with E-state index in [0.717, 1.165) is 18.5 Å². The molecule has 2 saturated heterocycles. The van der Waals surface area contributed by atoms with Crippen molar-refractivity contribution in [1.29, 1.82) is 0 Å². The predicted molar refractivity (Wildman–Crippen MR) is 67.1 cm³/mol. The normalized spacial score (nSPS) is 29.4. The number of methoxy groups -OCH3 is 1. The molecule has 0 unspecified atom stereocenters. The van der Waals surface area contributed by atoms with Crippen LogP contribution in [0, 0.1) is 0 Å². The molecule has 0 aliphatic carbocycles. The summed E-state index contributed by atoms with van der Waals surface area (Å²) in [5, 5.41) is 6.66. The molecule has 20 heavy (non-hydrogen) atoms. The first-order valence-corrected chi connectivity index (χ1v) is 6.78. The number of hydrogen-bond acceptors (Lipinski definition) is 6. The Morgan fingerprint density at radius 3 is 3.20 bits per heavy atom. The van der Waals surface area contributed by atoms with Crippen molar-refractivity contribution in [2.45, 2.75) is 44.2 Å². The Balaban J connectivity index is 1.55. The second-order valence-corrected chi connectivity index (χ2v) is 5.12. The minimum Gasteiger partial charge on any atom is -0.443 e. The highest BCUT2D eigenvalue weighted by Gasteiger charge is 2.37. The summed E-state index contributed by atoms with van der Waals surface area (Å²) in [6, 6.07) is 1.89. The monoisotopic (exact) mass is 282 g/mol. The van der Waals surface area contributed by atoms with E-state index in [2.05, 4.69) is 10.5 Å². The number of rotatable bonds is 4. The van der Waals surface area contributed by atoms with Gasteiger partial charge in [0.25, 0.3) is 0 Å². The highest BCUT2D eigenvalue weighted by Crippen LogP contribution is 2.26. The zero-order valence-corrected chi connectivity index (χ0v) is 11.3. The fraction of sp³-hybridized carbons (Fsp3) is 0.692. The van der Waals surface area contributed by atoms with Gasteiger partial charge in [-0.1, -0.05) is 5.16 Å². The zero-order chi connectivity index (χ0) is 13.9. The van der Waals surface area contributed by atoms with E-state index in [-0.39, 0.29) is 24.4 Å². The van der Waals surface area contributed by atoms with Crippen molar-refractivity contribution in [2.24, 2.45) is 0 Å². The lowest BCUT2D eigenvalue weighted by molar-refractivity contribution is -0.129. The van der Waals surface area contributed by atoms with Crippen molar-refractivity contribution in [1.82, 2.24) is 10.5 Å². The molecule has 0 saturated carbocycles. The summed E-state index contributed by atoms with van der Waals surface area (Å²) in [6.07, 6.45) is 1.90. The molecule has 3 atom stereocenters. The van der Waals surface area contributed by atoms with Crippen LogP contribution in [0.25, 0.3) is 0 Å². The van der Waals surface area contributed by atoms with Gasteiger partial charge in [0, 0.05) is 19.6 Å². The molecule has 2 aliphatic rings. The number of fused-ring (bicyclic) bond motifs is 1. The van der Waals surface area contributed by atoms with Crippen LogP contribution in [0.4, 0.5) is 4.79 Å². The van der Waals surface area contributed by atoms with Gasteiger partial charge in [-0.15, -0.1) is 0 Å². The number of carbonyl (C=O) groups is 1. The second-order valence-electron chi connectivity index (χ2n) is 5.12. The first-order chi connectivity index (χ1) is 9.74. The fourth-order valence-electron chi connectivity index (χ4n) is 2.66. The van der Waals surface area contributed by atoms with E-state index in [1.54, 1.807) is 7.11 Å². The van der Waals surface area contributed by atoms with E-state index in [0.29, 0.717) is 25.3 Å². The Kier molecular flexibility index (Phi) is 3.88. The zero-order valence-electron chi connectivity index (χ0n) is 11.3. The van der Waals surface area contributed by atoms with Crippen LogP contribution in [0.15, 0.2) is 10.6 Å². The standard InChI is InChI=1S/C13H18N2O5/c1-17-7-10-5-8(15-20-10)4-9-2-3-11-12(18-9)6-14-13(16)19-11/h5,9,11-12H,2-4,6-7H2,1H3,(H,14,16)/t9-,11-,12+/m0/s1. The number of ether oxygens (including phenoxy) is 3. The van der Waals surface area contributed by atoms with Crippen LogP contribution < -0.4 is 5.32 Å². The van der Waals surface area contributed by atoms with Crippen molar-refractivity contribution in [2.75, 3.05) is 13.7 Å². The Morgan fingerprint density at radius 2 is 2.35 bits per heavy atom. The molecular formula is C13H18N2O5. The quantitative estimate of drug-likeness (QED) is 0.887. The van der Waals surface area contributed by atoms with Gasteiger partial charge in [0.05, 0.1) is 18.3 Å². The molecule has 3 rings (SSSR count). The molecule has 3 heterocycles. The Morgan fingerprint density at radius 1 is 1.45 bits per heavy atom. The predicted octanol–water partition coefficient (Wildman–Crippen LogP) is 1.02. The Hall–Kier alpha value is -1.60. The van der Waals surface area contributed by atoms with E-state index in [1.807, 2.05) is 6.07 Å². The number of hydrogen-bond donors (Lipinski definition) is 1. The van der Waals surface area contributed by atoms with Crippen LogP contribution in [-0.4, -0.2) is 43.2 Å². The van der Waals surface area contributed by atoms with E-state index < -0.39 is 0 Å². The molecule has 2 fully saturated rings. The molecular weight excluding hydrogens is 264 g/mol. The third-order valence-corrected chi connectivity index (χ3v) is 3.59. The number of amides is 1. The lowest BCUT2D eigenvalue weighted by atomic mass is 9.97. The number of nitrogens with zero attached hydrogens (tertiary/aromatic N) is 1. The van der Waals surface area contributed by atoms with Crippen molar-refractivity contribution in [3.05, 3.63) is 17.5 Å². The number of nitrogens with one attached hydrogen (secondary N) is 1. The SMILES string of the molecule is COCc1cc(C[C@@H]2CC[C@@H]3OC(=O)NC[C@H]3O2)no1. The Labute approximate surface area is 116 Å². The van der Waals surface area contributed by atoms with Crippen LogP contribution in [-0.2, 0) is 27.2 Å². The van der Waals surface area contributed by atoms with Crippen molar-refractivity contribution in [3.8, 4) is 0 Å². The molecule has 0 aromatic carbocycles. The summed E-state index contributed by atoms with van der Waals surface area (Å²) in [4.78, 5) is 11.1. The maximum atomic E-state index is 11.1. The van der Waals surface area contributed by atoms with E-state index >= 15 is 0 Å². The average Bonchev–Trinajstić information content (AvgIpc) is 2.87. The summed E-state index contributed by atoms with van der Waals surface area (Å²) >= 11 is 0. The van der Waals surface area contributed by atoms with Gasteiger partial charge in [-0.05, 0) is 12.8 Å². The van der Waals surface area contributed by atoms with Gasteiger partial charge in [0.15, 0.2) is 5.76 Å². The third-order valence-electron chi connectivity index (χ3n) is 3.59. The van der Waals surface area contributed by atoms with Crippen LogP contribution in [0.2, 0.25) is 0 Å². The molecule has 1 N–H and O–H groups in total. The van der Waals surface area contributed by atoms with Crippen LogP contribution in [0.3, 0.4) is 0 Å². The second kappa shape index (κ2) is 5.80. The minimum atomic E-state index is -0.353. The van der Waals surface area contributed by atoms with Crippen molar-refractivity contribution >= 4 is 6.09 Å². The molecule has 0 radical (unpaired) electrons. The summed E-state index contributed by atoms with van der Waals surface area (Å²) in [5.74, 6) is 0.712. The van der Waals surface area contributed by atoms with Crippen molar-refractivity contribution in [3.63, 3.8) is 0 Å². The smallest absolute Gasteiger partial charge is 0.407 e. The molecule has 1 aromatic rings. The molecule has 1 aromatic heterocycles. The van der Waals surface area contributed by atoms with Crippen LogP contribution >= 0.6 is 0 Å². The van der Waals surface area contributed by atoms with Gasteiger partial charge in [-0.25, -0.2) is 4.79 Å². The summed E-state index contributed by atoms with van der Waals surface area (Å²) < 4.78 is 21.3. The third kappa shape index (κ3) is 2.94. The molecule has 7 heteroatoms. The van der Waals surface area contributed by atoms with E-state index in [9.17, 15) is 4.79 Å². The van der Waals surface area contributed by atoms with Gasteiger partial charge >= 0.3 is 6.09 Å². The van der Waals surface area contributed by atoms with Gasteiger partial charge in [0.2, 0.25) is 0 Å². The van der Waals surface area contributed by atoms with Gasteiger partial charge in [0.1, 0.15) is 18.8 Å². The first kappa shape index (κ1) is 13.4. The van der Waals surface area contributed by atoms with Crippen molar-refractivity contribution < 1.29 is 23.5 Å². The summed E-state index contributed by atoms with van der Waals surface area (Å²) in [5.41, 5.74) is 0.862. The molecule has 0 bridgehead atoms. The molecule has 0 spiro atoms. The summed E-state index contributed by atoms with van der Waals surface area (Å²) in [7, 11) is 1.62.